The van der Waals surface area contributed by atoms with Crippen LogP contribution in [0.1, 0.15) is 0 Å². The van der Waals surface area contributed by atoms with Gasteiger partial charge >= 0.3 is 6.03 Å². The number of amides is 3. The highest BCUT2D eigenvalue weighted by Gasteiger charge is 2.07. The Kier molecular flexibility index (Phi) is 5.95. The van der Waals surface area contributed by atoms with Crippen LogP contribution in [0.25, 0.3) is 0 Å². The number of hydrogen-bond acceptors (Lipinski definition) is 4. The standard InChI is InChI=1S/C16H17FN4O3/c1-24-14-5-3-2-4-13(14)19-16(23)21-20-15(22)10-18-12-8-6-11(17)7-9-12/h2-9,18H,10H2,1H3,(H,20,22)(H2,19,21,23). The summed E-state index contributed by atoms with van der Waals surface area (Å²) in [7, 11) is 1.49. The van der Waals surface area contributed by atoms with E-state index < -0.39 is 11.9 Å². The number of carbonyl (C=O) groups is 2. The minimum absolute atomic E-state index is 0.0828. The van der Waals surface area contributed by atoms with Crippen LogP contribution in [0.3, 0.4) is 0 Å². The minimum atomic E-state index is -0.616. The molecule has 0 bridgehead atoms. The molecule has 2 aromatic rings. The van der Waals surface area contributed by atoms with Crippen molar-refractivity contribution in [2.75, 3.05) is 24.3 Å². The summed E-state index contributed by atoms with van der Waals surface area (Å²) < 4.78 is 17.9. The number of benzene rings is 2. The van der Waals surface area contributed by atoms with Crippen molar-refractivity contribution in [3.8, 4) is 5.75 Å². The fraction of sp³-hybridized carbons (Fsp3) is 0.125. The number of ether oxygens (including phenoxy) is 1. The van der Waals surface area contributed by atoms with Gasteiger partial charge in [0, 0.05) is 5.69 Å². The highest BCUT2D eigenvalue weighted by molar-refractivity contribution is 5.92. The molecule has 0 heterocycles. The van der Waals surface area contributed by atoms with Crippen molar-refractivity contribution in [2.24, 2.45) is 0 Å². The first-order valence-corrected chi connectivity index (χ1v) is 7.07. The fourth-order valence-corrected chi connectivity index (χ4v) is 1.82. The second kappa shape index (κ2) is 8.37. The van der Waals surface area contributed by atoms with E-state index in [1.807, 2.05) is 0 Å². The molecule has 0 fully saturated rings. The minimum Gasteiger partial charge on any atom is -0.495 e. The number of rotatable bonds is 5. The number of para-hydroxylation sites is 2. The summed E-state index contributed by atoms with van der Waals surface area (Å²) >= 11 is 0. The largest absolute Gasteiger partial charge is 0.495 e. The van der Waals surface area contributed by atoms with Crippen LogP contribution in [0, 0.1) is 5.82 Å². The lowest BCUT2D eigenvalue weighted by Gasteiger charge is -2.12. The van der Waals surface area contributed by atoms with Gasteiger partial charge in [0.2, 0.25) is 0 Å². The van der Waals surface area contributed by atoms with Gasteiger partial charge < -0.3 is 15.4 Å². The monoisotopic (exact) mass is 332 g/mol. The number of halogens is 1. The third kappa shape index (κ3) is 5.16. The summed E-state index contributed by atoms with van der Waals surface area (Å²) in [6, 6.07) is 11.8. The molecule has 0 aromatic heterocycles. The lowest BCUT2D eigenvalue weighted by Crippen LogP contribution is -2.46. The Balaban J connectivity index is 1.74. The molecule has 0 atom stereocenters. The number of hydrogen-bond donors (Lipinski definition) is 4. The Bertz CT molecular complexity index is 707. The molecule has 2 aromatic carbocycles. The van der Waals surface area contributed by atoms with Crippen LogP contribution in [-0.2, 0) is 4.79 Å². The molecule has 0 saturated heterocycles. The highest BCUT2D eigenvalue weighted by atomic mass is 19.1. The van der Waals surface area contributed by atoms with Gasteiger partial charge in [-0.15, -0.1) is 0 Å². The number of urea groups is 1. The molecule has 0 unspecified atom stereocenters. The van der Waals surface area contributed by atoms with Crippen LogP contribution in [0.5, 0.6) is 5.75 Å². The second-order valence-electron chi connectivity index (χ2n) is 4.69. The number of methoxy groups -OCH3 is 1. The maximum Gasteiger partial charge on any atom is 0.338 e. The first-order valence-electron chi connectivity index (χ1n) is 7.07. The number of hydrazine groups is 1. The number of anilines is 2. The van der Waals surface area contributed by atoms with Crippen LogP contribution < -0.4 is 26.2 Å². The van der Waals surface area contributed by atoms with Gasteiger partial charge in [-0.05, 0) is 36.4 Å². The quantitative estimate of drug-likeness (QED) is 0.631. The topological polar surface area (TPSA) is 91.5 Å². The van der Waals surface area contributed by atoms with Crippen molar-refractivity contribution in [1.29, 1.82) is 0 Å². The van der Waals surface area contributed by atoms with Crippen LogP contribution in [0.4, 0.5) is 20.6 Å². The highest BCUT2D eigenvalue weighted by Crippen LogP contribution is 2.22. The van der Waals surface area contributed by atoms with Gasteiger partial charge in [0.1, 0.15) is 11.6 Å². The van der Waals surface area contributed by atoms with Gasteiger partial charge in [-0.25, -0.2) is 14.6 Å². The number of nitrogens with one attached hydrogen (secondary N) is 4. The Morgan fingerprint density at radius 2 is 1.75 bits per heavy atom. The van der Waals surface area contributed by atoms with Gasteiger partial charge in [-0.1, -0.05) is 12.1 Å². The molecule has 0 aliphatic heterocycles. The normalized spacial score (nSPS) is 9.75. The van der Waals surface area contributed by atoms with Crippen molar-refractivity contribution < 1.29 is 18.7 Å². The first kappa shape index (κ1) is 17.1. The van der Waals surface area contributed by atoms with Crippen LogP contribution in [0.15, 0.2) is 48.5 Å². The zero-order chi connectivity index (χ0) is 17.4. The van der Waals surface area contributed by atoms with E-state index in [1.54, 1.807) is 24.3 Å². The van der Waals surface area contributed by atoms with Gasteiger partial charge in [0.25, 0.3) is 5.91 Å². The summed E-state index contributed by atoms with van der Waals surface area (Å²) in [5, 5.41) is 5.34. The van der Waals surface area contributed by atoms with Crippen molar-refractivity contribution in [3.05, 3.63) is 54.3 Å². The average molecular weight is 332 g/mol. The Morgan fingerprint density at radius 1 is 1.04 bits per heavy atom. The lowest BCUT2D eigenvalue weighted by atomic mass is 10.3. The summed E-state index contributed by atoms with van der Waals surface area (Å²) in [4.78, 5) is 23.4. The summed E-state index contributed by atoms with van der Waals surface area (Å²) in [5.74, 6) is -0.328. The van der Waals surface area contributed by atoms with Gasteiger partial charge in [0.15, 0.2) is 0 Å². The molecular weight excluding hydrogens is 315 g/mol. The smallest absolute Gasteiger partial charge is 0.338 e. The van der Waals surface area contributed by atoms with Gasteiger partial charge in [0.05, 0.1) is 19.3 Å². The molecule has 4 N–H and O–H groups in total. The molecule has 0 aliphatic carbocycles. The van der Waals surface area contributed by atoms with E-state index in [9.17, 15) is 14.0 Å². The van der Waals surface area contributed by atoms with Crippen LogP contribution in [0.2, 0.25) is 0 Å². The van der Waals surface area contributed by atoms with E-state index in [1.165, 1.54) is 31.4 Å². The van der Waals surface area contributed by atoms with Crippen LogP contribution >= 0.6 is 0 Å². The Hall–Kier alpha value is -3.29. The van der Waals surface area contributed by atoms with E-state index in [2.05, 4.69) is 21.5 Å². The zero-order valence-electron chi connectivity index (χ0n) is 12.9. The predicted octanol–water partition coefficient (Wildman–Crippen LogP) is 2.10. The molecule has 7 nitrogen and oxygen atoms in total. The third-order valence-electron chi connectivity index (χ3n) is 2.97. The van der Waals surface area contributed by atoms with Crippen molar-refractivity contribution in [1.82, 2.24) is 10.9 Å². The first-order chi connectivity index (χ1) is 11.6. The average Bonchev–Trinajstić information content (AvgIpc) is 2.60. The molecule has 0 saturated carbocycles. The van der Waals surface area contributed by atoms with E-state index in [-0.39, 0.29) is 12.4 Å². The van der Waals surface area contributed by atoms with Crippen molar-refractivity contribution >= 4 is 23.3 Å². The summed E-state index contributed by atoms with van der Waals surface area (Å²) in [6.07, 6.45) is 0. The fourth-order valence-electron chi connectivity index (χ4n) is 1.82. The molecule has 24 heavy (non-hydrogen) atoms. The molecule has 2 rings (SSSR count). The summed E-state index contributed by atoms with van der Waals surface area (Å²) in [6.45, 7) is -0.0828. The zero-order valence-corrected chi connectivity index (χ0v) is 12.9. The van der Waals surface area contributed by atoms with Crippen LogP contribution in [-0.4, -0.2) is 25.6 Å². The molecule has 126 valence electrons. The van der Waals surface area contributed by atoms with Gasteiger partial charge in [-0.3, -0.25) is 10.2 Å². The Morgan fingerprint density at radius 3 is 2.46 bits per heavy atom. The van der Waals surface area contributed by atoms with E-state index >= 15 is 0 Å². The maximum absolute atomic E-state index is 12.8. The molecule has 0 aliphatic rings. The molecule has 0 spiro atoms. The van der Waals surface area contributed by atoms with Gasteiger partial charge in [-0.2, -0.15) is 0 Å². The van der Waals surface area contributed by atoms with E-state index in [0.29, 0.717) is 17.1 Å². The lowest BCUT2D eigenvalue weighted by molar-refractivity contribution is -0.120. The number of carbonyl (C=O) groups excluding carboxylic acids is 2. The molecule has 8 heteroatoms. The Labute approximate surface area is 138 Å². The predicted molar refractivity (Wildman–Crippen MR) is 88.2 cm³/mol. The van der Waals surface area contributed by atoms with E-state index in [4.69, 9.17) is 4.74 Å². The summed E-state index contributed by atoms with van der Waals surface area (Å²) in [5.41, 5.74) is 5.52. The SMILES string of the molecule is COc1ccccc1NC(=O)NNC(=O)CNc1ccc(F)cc1. The molecule has 0 radical (unpaired) electrons. The van der Waals surface area contributed by atoms with E-state index in [0.717, 1.165) is 0 Å². The maximum atomic E-state index is 12.8. The second-order valence-corrected chi connectivity index (χ2v) is 4.69. The molecular formula is C16H17FN4O3. The van der Waals surface area contributed by atoms with Crippen molar-refractivity contribution in [3.63, 3.8) is 0 Å². The van der Waals surface area contributed by atoms with Crippen molar-refractivity contribution in [2.45, 2.75) is 0 Å². The molecule has 3 amide bonds. The third-order valence-corrected chi connectivity index (χ3v) is 2.97.